The lowest BCUT2D eigenvalue weighted by atomic mass is 10.1. The second kappa shape index (κ2) is 15.2. The Bertz CT molecular complexity index is 1150. The number of aliphatic carboxylic acids is 1. The first-order valence-corrected chi connectivity index (χ1v) is 13.5. The molecule has 8 nitrogen and oxygen atoms in total. The highest BCUT2D eigenvalue weighted by atomic mass is 35.5. The number of carboxylic acid groups (broad SMARTS) is 1. The number of halogens is 5. The molecule has 1 aromatic heterocycles. The molecule has 0 saturated carbocycles. The van der Waals surface area contributed by atoms with Crippen molar-refractivity contribution in [3.8, 4) is 0 Å². The standard InChI is InChI=1S/C27H33ClF4N4O4/c28-23-20(7-3-8-21(23)29)25(37)35-22(26(38)39)11-14-36(15-16-40-17-27(30,31)32)13-2-1-6-19-10-9-18-5-4-12-33-24(18)34-19/h3,7-10,22H,1-2,4-6,11-17H2,(H,33,34)(H,35,37)(H,38,39). The number of aryl methyl sites for hydroxylation is 2. The molecule has 3 N–H and O–H groups in total. The zero-order valence-corrected chi connectivity index (χ0v) is 22.7. The number of hydrogen-bond donors (Lipinski definition) is 3. The molecule has 0 spiro atoms. The molecule has 1 amide bonds. The predicted octanol–water partition coefficient (Wildman–Crippen LogP) is 4.71. The topological polar surface area (TPSA) is 104 Å². The summed E-state index contributed by atoms with van der Waals surface area (Å²) in [5.41, 5.74) is 1.94. The number of carboxylic acids is 1. The number of rotatable bonds is 15. The largest absolute Gasteiger partial charge is 0.480 e. The van der Waals surface area contributed by atoms with Gasteiger partial charge < -0.3 is 25.4 Å². The Hall–Kier alpha value is -2.96. The molecule has 1 aromatic carbocycles. The van der Waals surface area contributed by atoms with Gasteiger partial charge in [0, 0.05) is 25.3 Å². The van der Waals surface area contributed by atoms with Gasteiger partial charge in [0.2, 0.25) is 0 Å². The van der Waals surface area contributed by atoms with Crippen LogP contribution in [0.3, 0.4) is 0 Å². The molecule has 0 fully saturated rings. The minimum absolute atomic E-state index is 0.0364. The lowest BCUT2D eigenvalue weighted by Crippen LogP contribution is -2.43. The molecular weight excluding hydrogens is 556 g/mol. The number of carbonyl (C=O) groups is 2. The zero-order valence-electron chi connectivity index (χ0n) is 21.9. The Labute approximate surface area is 235 Å². The molecule has 0 bridgehead atoms. The van der Waals surface area contributed by atoms with Crippen LogP contribution in [-0.2, 0) is 22.4 Å². The highest BCUT2D eigenvalue weighted by Crippen LogP contribution is 2.21. The van der Waals surface area contributed by atoms with Gasteiger partial charge in [-0.25, -0.2) is 14.2 Å². The zero-order chi connectivity index (χ0) is 29.1. The van der Waals surface area contributed by atoms with E-state index in [1.807, 2.05) is 6.07 Å². The van der Waals surface area contributed by atoms with Gasteiger partial charge in [-0.05, 0) is 68.8 Å². The molecule has 0 saturated heterocycles. The Balaban J connectivity index is 1.54. The number of carbonyl (C=O) groups excluding carboxylic acids is 1. The van der Waals surface area contributed by atoms with E-state index in [4.69, 9.17) is 16.3 Å². The fourth-order valence-corrected chi connectivity index (χ4v) is 4.56. The van der Waals surface area contributed by atoms with E-state index in [0.29, 0.717) is 13.0 Å². The number of benzene rings is 1. The van der Waals surface area contributed by atoms with Crippen molar-refractivity contribution in [1.29, 1.82) is 0 Å². The molecule has 1 aliphatic heterocycles. The number of aromatic nitrogens is 1. The van der Waals surface area contributed by atoms with Crippen LogP contribution in [0.25, 0.3) is 0 Å². The lowest BCUT2D eigenvalue weighted by molar-refractivity contribution is -0.174. The van der Waals surface area contributed by atoms with E-state index in [1.165, 1.54) is 17.7 Å². The number of nitrogens with one attached hydrogen (secondary N) is 2. The average Bonchev–Trinajstić information content (AvgIpc) is 2.91. The third-order valence-corrected chi connectivity index (χ3v) is 6.84. The fourth-order valence-electron chi connectivity index (χ4n) is 4.35. The number of pyridine rings is 1. The summed E-state index contributed by atoms with van der Waals surface area (Å²) in [6.45, 7) is 0.121. The SMILES string of the molecule is O=C(NC(CCN(CCCCc1ccc2c(n1)NCCC2)CCOCC(F)(F)F)C(=O)O)c1cccc(F)c1Cl. The summed E-state index contributed by atoms with van der Waals surface area (Å²) < 4.78 is 55.9. The van der Waals surface area contributed by atoms with Crippen LogP contribution in [0, 0.1) is 5.82 Å². The molecule has 13 heteroatoms. The first-order valence-electron chi connectivity index (χ1n) is 13.1. The van der Waals surface area contributed by atoms with E-state index in [9.17, 15) is 32.3 Å². The lowest BCUT2D eigenvalue weighted by Gasteiger charge is -2.24. The number of hydrogen-bond acceptors (Lipinski definition) is 6. The summed E-state index contributed by atoms with van der Waals surface area (Å²) in [4.78, 5) is 30.8. The van der Waals surface area contributed by atoms with E-state index in [1.54, 1.807) is 4.90 Å². The summed E-state index contributed by atoms with van der Waals surface area (Å²) in [5, 5.41) is 14.9. The molecule has 2 aromatic rings. The van der Waals surface area contributed by atoms with Crippen molar-refractivity contribution in [2.75, 3.05) is 44.7 Å². The van der Waals surface area contributed by atoms with Gasteiger partial charge in [0.05, 0.1) is 17.2 Å². The van der Waals surface area contributed by atoms with Gasteiger partial charge in [-0.1, -0.05) is 23.7 Å². The van der Waals surface area contributed by atoms with Crippen LogP contribution in [0.5, 0.6) is 0 Å². The summed E-state index contributed by atoms with van der Waals surface area (Å²) in [6.07, 6.45) is -0.244. The van der Waals surface area contributed by atoms with Crippen molar-refractivity contribution in [2.45, 2.75) is 50.7 Å². The maximum absolute atomic E-state index is 13.7. The van der Waals surface area contributed by atoms with Crippen LogP contribution in [0.4, 0.5) is 23.4 Å². The highest BCUT2D eigenvalue weighted by molar-refractivity contribution is 6.34. The van der Waals surface area contributed by atoms with Crippen LogP contribution in [0.1, 0.15) is 47.3 Å². The third-order valence-electron chi connectivity index (χ3n) is 6.46. The van der Waals surface area contributed by atoms with Crippen LogP contribution in [0.2, 0.25) is 5.02 Å². The number of unbranched alkanes of at least 4 members (excludes halogenated alkanes) is 1. The number of ether oxygens (including phenoxy) is 1. The van der Waals surface area contributed by atoms with E-state index in [-0.39, 0.29) is 31.7 Å². The molecule has 1 unspecified atom stereocenters. The number of nitrogens with zero attached hydrogens (tertiary/aromatic N) is 2. The van der Waals surface area contributed by atoms with Crippen molar-refractivity contribution < 1.29 is 37.0 Å². The summed E-state index contributed by atoms with van der Waals surface area (Å²) in [5.74, 6) is -2.05. The monoisotopic (exact) mass is 588 g/mol. The molecule has 3 rings (SSSR count). The smallest absolute Gasteiger partial charge is 0.411 e. The Morgan fingerprint density at radius 3 is 2.73 bits per heavy atom. The van der Waals surface area contributed by atoms with Gasteiger partial charge in [0.25, 0.3) is 5.91 Å². The molecule has 220 valence electrons. The van der Waals surface area contributed by atoms with E-state index < -0.39 is 41.5 Å². The molecule has 1 atom stereocenters. The van der Waals surface area contributed by atoms with Gasteiger partial charge in [-0.3, -0.25) is 4.79 Å². The minimum atomic E-state index is -4.45. The predicted molar refractivity (Wildman–Crippen MR) is 142 cm³/mol. The number of anilines is 1. The van der Waals surface area contributed by atoms with Gasteiger partial charge in [0.15, 0.2) is 0 Å². The van der Waals surface area contributed by atoms with Crippen molar-refractivity contribution in [1.82, 2.24) is 15.2 Å². The molecule has 40 heavy (non-hydrogen) atoms. The van der Waals surface area contributed by atoms with Crippen LogP contribution in [0.15, 0.2) is 30.3 Å². The van der Waals surface area contributed by atoms with E-state index >= 15 is 0 Å². The summed E-state index contributed by atoms with van der Waals surface area (Å²) in [6, 6.07) is 6.39. The maximum atomic E-state index is 13.7. The molecule has 1 aliphatic rings. The van der Waals surface area contributed by atoms with Crippen molar-refractivity contribution >= 4 is 29.3 Å². The number of fused-ring (bicyclic) bond motifs is 1. The second-order valence-corrected chi connectivity index (χ2v) is 9.94. The Kier molecular flexibility index (Phi) is 12.0. The van der Waals surface area contributed by atoms with Crippen molar-refractivity contribution in [3.63, 3.8) is 0 Å². The first-order chi connectivity index (χ1) is 19.0. The quantitative estimate of drug-likeness (QED) is 0.204. The van der Waals surface area contributed by atoms with Gasteiger partial charge in [-0.15, -0.1) is 0 Å². The molecular formula is C27H33ClF4N4O4. The van der Waals surface area contributed by atoms with Crippen LogP contribution < -0.4 is 10.6 Å². The van der Waals surface area contributed by atoms with Gasteiger partial charge >= 0.3 is 12.1 Å². The van der Waals surface area contributed by atoms with Crippen molar-refractivity contribution in [2.24, 2.45) is 0 Å². The average molecular weight is 589 g/mol. The van der Waals surface area contributed by atoms with E-state index in [0.717, 1.165) is 49.8 Å². The highest BCUT2D eigenvalue weighted by Gasteiger charge is 2.27. The molecule has 0 aliphatic carbocycles. The van der Waals surface area contributed by atoms with Crippen molar-refractivity contribution in [3.05, 3.63) is 58.0 Å². The normalized spacial score (nSPS) is 13.9. The fraction of sp³-hybridized carbons (Fsp3) is 0.519. The Morgan fingerprint density at radius 2 is 1.98 bits per heavy atom. The molecule has 0 radical (unpaired) electrons. The van der Waals surface area contributed by atoms with E-state index in [2.05, 4.69) is 21.7 Å². The first kappa shape index (κ1) is 31.6. The van der Waals surface area contributed by atoms with Crippen LogP contribution in [-0.4, -0.2) is 78.5 Å². The molecule has 2 heterocycles. The summed E-state index contributed by atoms with van der Waals surface area (Å²) >= 11 is 5.84. The van der Waals surface area contributed by atoms with Gasteiger partial charge in [0.1, 0.15) is 24.3 Å². The van der Waals surface area contributed by atoms with Crippen LogP contribution >= 0.6 is 11.6 Å². The number of alkyl halides is 3. The maximum Gasteiger partial charge on any atom is 0.411 e. The third kappa shape index (κ3) is 10.2. The second-order valence-electron chi connectivity index (χ2n) is 9.56. The Morgan fingerprint density at radius 1 is 1.18 bits per heavy atom. The minimum Gasteiger partial charge on any atom is -0.480 e. The van der Waals surface area contributed by atoms with Gasteiger partial charge in [-0.2, -0.15) is 13.2 Å². The summed E-state index contributed by atoms with van der Waals surface area (Å²) in [7, 11) is 0. The number of amides is 1.